The summed E-state index contributed by atoms with van der Waals surface area (Å²) in [4.78, 5) is 37.4. The molecule has 0 bridgehead atoms. The van der Waals surface area contributed by atoms with E-state index in [1.54, 1.807) is 21.3 Å². The summed E-state index contributed by atoms with van der Waals surface area (Å²) in [5.74, 6) is 1.25. The number of carbonyl (C=O) groups excluding carboxylic acids is 3. The van der Waals surface area contributed by atoms with Crippen molar-refractivity contribution in [1.29, 1.82) is 0 Å². The van der Waals surface area contributed by atoms with Crippen molar-refractivity contribution in [3.63, 3.8) is 0 Å². The van der Waals surface area contributed by atoms with Gasteiger partial charge in [-0.2, -0.15) is 0 Å². The standard InChI is InChI=1S/C21H30N2O7S/c1-13(24)22-15(21(26)30-5)8-6-7-9-23-18(25)12-31-20(23)14-10-16(27-2)19(29-4)17(11-14)28-3/h10-11,15,20H,6-9,12H2,1-5H3,(H,22,24). The Kier molecular flexibility index (Phi) is 9.29. The molecule has 1 fully saturated rings. The first-order chi connectivity index (χ1) is 14.9. The molecule has 2 unspecified atom stereocenters. The van der Waals surface area contributed by atoms with Crippen LogP contribution in [0.1, 0.15) is 37.1 Å². The molecule has 2 amide bonds. The Bertz CT molecular complexity index is 777. The van der Waals surface area contributed by atoms with E-state index < -0.39 is 12.0 Å². The Morgan fingerprint density at radius 1 is 1.13 bits per heavy atom. The van der Waals surface area contributed by atoms with Crippen LogP contribution in [-0.4, -0.2) is 69.5 Å². The highest BCUT2D eigenvalue weighted by atomic mass is 32.2. The van der Waals surface area contributed by atoms with E-state index in [2.05, 4.69) is 5.32 Å². The average molecular weight is 455 g/mol. The number of nitrogens with one attached hydrogen (secondary N) is 1. The first-order valence-electron chi connectivity index (χ1n) is 9.92. The molecule has 0 aliphatic carbocycles. The summed E-state index contributed by atoms with van der Waals surface area (Å²) >= 11 is 1.54. The lowest BCUT2D eigenvalue weighted by molar-refractivity contribution is -0.145. The lowest BCUT2D eigenvalue weighted by atomic mass is 10.1. The molecule has 10 heteroatoms. The molecule has 0 spiro atoms. The van der Waals surface area contributed by atoms with Gasteiger partial charge >= 0.3 is 5.97 Å². The predicted molar refractivity (Wildman–Crippen MR) is 116 cm³/mol. The minimum Gasteiger partial charge on any atom is -0.493 e. The van der Waals surface area contributed by atoms with Gasteiger partial charge in [0.05, 0.1) is 34.2 Å². The minimum atomic E-state index is -0.683. The van der Waals surface area contributed by atoms with Gasteiger partial charge in [0.25, 0.3) is 0 Å². The summed E-state index contributed by atoms with van der Waals surface area (Å²) in [5, 5.41) is 2.43. The number of ether oxygens (including phenoxy) is 4. The van der Waals surface area contributed by atoms with E-state index in [0.717, 1.165) is 5.56 Å². The van der Waals surface area contributed by atoms with E-state index >= 15 is 0 Å². The van der Waals surface area contributed by atoms with E-state index in [-0.39, 0.29) is 17.2 Å². The van der Waals surface area contributed by atoms with Gasteiger partial charge in [0.2, 0.25) is 17.6 Å². The van der Waals surface area contributed by atoms with Crippen molar-refractivity contribution in [2.75, 3.05) is 40.7 Å². The Labute approximate surface area is 186 Å². The van der Waals surface area contributed by atoms with Gasteiger partial charge in [0.1, 0.15) is 11.4 Å². The van der Waals surface area contributed by atoms with Crippen LogP contribution in [0.15, 0.2) is 12.1 Å². The zero-order chi connectivity index (χ0) is 23.0. The van der Waals surface area contributed by atoms with Crippen molar-refractivity contribution >= 4 is 29.5 Å². The van der Waals surface area contributed by atoms with Crippen LogP contribution in [0, 0.1) is 0 Å². The smallest absolute Gasteiger partial charge is 0.328 e. The quantitative estimate of drug-likeness (QED) is 0.401. The third-order valence-corrected chi connectivity index (χ3v) is 6.20. The molecule has 31 heavy (non-hydrogen) atoms. The number of hydrogen-bond acceptors (Lipinski definition) is 8. The van der Waals surface area contributed by atoms with Crippen LogP contribution in [0.3, 0.4) is 0 Å². The molecule has 0 radical (unpaired) electrons. The van der Waals surface area contributed by atoms with Crippen LogP contribution in [0.5, 0.6) is 17.2 Å². The summed E-state index contributed by atoms with van der Waals surface area (Å²) in [5.41, 5.74) is 0.885. The second-order valence-corrected chi connectivity index (χ2v) is 8.05. The van der Waals surface area contributed by atoms with Crippen molar-refractivity contribution in [2.45, 2.75) is 37.6 Å². The van der Waals surface area contributed by atoms with Crippen molar-refractivity contribution in [2.24, 2.45) is 0 Å². The van der Waals surface area contributed by atoms with E-state index in [4.69, 9.17) is 18.9 Å². The fraction of sp³-hybridized carbons (Fsp3) is 0.571. The zero-order valence-electron chi connectivity index (χ0n) is 18.6. The molecule has 1 aromatic carbocycles. The zero-order valence-corrected chi connectivity index (χ0v) is 19.4. The van der Waals surface area contributed by atoms with Crippen LogP contribution in [-0.2, 0) is 19.1 Å². The maximum atomic E-state index is 12.5. The molecular formula is C21H30N2O7S. The molecule has 1 saturated heterocycles. The van der Waals surface area contributed by atoms with Gasteiger partial charge in [-0.3, -0.25) is 9.59 Å². The minimum absolute atomic E-state index is 0.0510. The van der Waals surface area contributed by atoms with E-state index in [0.29, 0.717) is 48.8 Å². The highest BCUT2D eigenvalue weighted by molar-refractivity contribution is 8.00. The molecule has 1 N–H and O–H groups in total. The largest absolute Gasteiger partial charge is 0.493 e. The van der Waals surface area contributed by atoms with Crippen LogP contribution in [0.25, 0.3) is 0 Å². The predicted octanol–water partition coefficient (Wildman–Crippen LogP) is 2.13. The maximum absolute atomic E-state index is 12.5. The Hall–Kier alpha value is -2.62. The summed E-state index contributed by atoms with van der Waals surface area (Å²) in [7, 11) is 5.94. The fourth-order valence-electron chi connectivity index (χ4n) is 3.48. The number of esters is 1. The van der Waals surface area contributed by atoms with Gasteiger partial charge in [0.15, 0.2) is 11.5 Å². The van der Waals surface area contributed by atoms with Crippen LogP contribution in [0.2, 0.25) is 0 Å². The molecule has 0 saturated carbocycles. The summed E-state index contributed by atoms with van der Waals surface area (Å²) < 4.78 is 21.0. The van der Waals surface area contributed by atoms with Crippen molar-refractivity contribution in [3.8, 4) is 17.2 Å². The second kappa shape index (κ2) is 11.7. The van der Waals surface area contributed by atoms with E-state index in [1.807, 2.05) is 17.0 Å². The number of amides is 2. The molecule has 1 heterocycles. The number of benzene rings is 1. The number of hydrogen-bond donors (Lipinski definition) is 1. The van der Waals surface area contributed by atoms with Gasteiger partial charge in [0, 0.05) is 13.5 Å². The number of thioether (sulfide) groups is 1. The van der Waals surface area contributed by atoms with Crippen molar-refractivity contribution in [3.05, 3.63) is 17.7 Å². The first-order valence-corrected chi connectivity index (χ1v) is 11.0. The summed E-state index contributed by atoms with van der Waals surface area (Å²) in [6, 6.07) is 3.03. The summed E-state index contributed by atoms with van der Waals surface area (Å²) in [6.07, 6.45) is 1.77. The molecule has 1 aliphatic rings. The van der Waals surface area contributed by atoms with Gasteiger partial charge in [-0.05, 0) is 37.0 Å². The topological polar surface area (TPSA) is 103 Å². The summed E-state index contributed by atoms with van der Waals surface area (Å²) in [6.45, 7) is 1.89. The molecule has 1 aliphatic heterocycles. The first kappa shape index (κ1) is 24.6. The van der Waals surface area contributed by atoms with Gasteiger partial charge in [-0.1, -0.05) is 0 Å². The SMILES string of the molecule is COC(=O)C(CCCCN1C(=O)CSC1c1cc(OC)c(OC)c(OC)c1)NC(C)=O. The number of unbranched alkanes of at least 4 members (excludes halogenated alkanes) is 1. The highest BCUT2D eigenvalue weighted by Crippen LogP contribution is 2.45. The molecule has 2 atom stereocenters. The Morgan fingerprint density at radius 3 is 2.29 bits per heavy atom. The number of carbonyl (C=O) groups is 3. The van der Waals surface area contributed by atoms with Gasteiger partial charge < -0.3 is 29.2 Å². The second-order valence-electron chi connectivity index (χ2n) is 6.98. The monoisotopic (exact) mass is 454 g/mol. The normalized spacial score (nSPS) is 16.6. The third kappa shape index (κ3) is 6.19. The number of nitrogens with zero attached hydrogens (tertiary/aromatic N) is 1. The number of rotatable bonds is 11. The van der Waals surface area contributed by atoms with Gasteiger partial charge in [-0.25, -0.2) is 4.79 Å². The maximum Gasteiger partial charge on any atom is 0.328 e. The Morgan fingerprint density at radius 2 is 1.77 bits per heavy atom. The lowest BCUT2D eigenvalue weighted by Crippen LogP contribution is -2.40. The molecule has 0 aromatic heterocycles. The van der Waals surface area contributed by atoms with Crippen LogP contribution < -0.4 is 19.5 Å². The molecule has 2 rings (SSSR count). The highest BCUT2D eigenvalue weighted by Gasteiger charge is 2.34. The van der Waals surface area contributed by atoms with Gasteiger partial charge in [-0.15, -0.1) is 11.8 Å². The van der Waals surface area contributed by atoms with Crippen molar-refractivity contribution in [1.82, 2.24) is 10.2 Å². The Balaban J connectivity index is 2.07. The van der Waals surface area contributed by atoms with Crippen molar-refractivity contribution < 1.29 is 33.3 Å². The van der Waals surface area contributed by atoms with E-state index in [9.17, 15) is 14.4 Å². The fourth-order valence-corrected chi connectivity index (χ4v) is 4.68. The molecular weight excluding hydrogens is 424 g/mol. The van der Waals surface area contributed by atoms with E-state index in [1.165, 1.54) is 25.8 Å². The van der Waals surface area contributed by atoms with Crippen LogP contribution in [0.4, 0.5) is 0 Å². The van der Waals surface area contributed by atoms with Crippen LogP contribution >= 0.6 is 11.8 Å². The lowest BCUT2D eigenvalue weighted by Gasteiger charge is -2.26. The third-order valence-electron chi connectivity index (χ3n) is 4.95. The molecule has 172 valence electrons. The molecule has 9 nitrogen and oxygen atoms in total. The average Bonchev–Trinajstić information content (AvgIpc) is 3.13. The molecule has 1 aromatic rings. The number of methoxy groups -OCH3 is 4.